The predicted molar refractivity (Wildman–Crippen MR) is 81.4 cm³/mol. The Hall–Kier alpha value is -1.98. The van der Waals surface area contributed by atoms with Gasteiger partial charge in [-0.3, -0.25) is 4.79 Å². The molecule has 0 atom stereocenters. The summed E-state index contributed by atoms with van der Waals surface area (Å²) in [4.78, 5) is 11.7. The van der Waals surface area contributed by atoms with Gasteiger partial charge in [0.15, 0.2) is 6.61 Å². The molecule has 2 aromatic carbocycles. The summed E-state index contributed by atoms with van der Waals surface area (Å²) in [6.45, 7) is -0.293. The summed E-state index contributed by atoms with van der Waals surface area (Å²) >= 11 is 11.6. The third-order valence-electron chi connectivity index (χ3n) is 2.52. The Morgan fingerprint density at radius 1 is 1.24 bits per heavy atom. The topological polar surface area (TPSA) is 64.3 Å². The standard InChI is InChI=1S/C14H11Cl2FN2O2/c15-10-5-12(18)13(6-11(10)16)21-7-14(20)19-9-3-1-2-8(17)4-9/h1-6H,7,18H2,(H,19,20). The molecule has 0 spiro atoms. The minimum atomic E-state index is -0.453. The van der Waals surface area contributed by atoms with Crippen molar-refractivity contribution in [3.8, 4) is 5.75 Å². The maximum atomic E-state index is 13.0. The molecule has 0 aliphatic rings. The highest BCUT2D eigenvalue weighted by Crippen LogP contribution is 2.32. The number of ether oxygens (including phenoxy) is 1. The second-order valence-corrected chi connectivity index (χ2v) is 4.97. The van der Waals surface area contributed by atoms with Gasteiger partial charge in [0.2, 0.25) is 0 Å². The number of nitrogen functional groups attached to an aromatic ring is 1. The molecule has 0 aliphatic carbocycles. The van der Waals surface area contributed by atoms with Gasteiger partial charge >= 0.3 is 0 Å². The number of nitrogens with one attached hydrogen (secondary N) is 1. The number of benzene rings is 2. The molecule has 7 heteroatoms. The van der Waals surface area contributed by atoms with E-state index < -0.39 is 11.7 Å². The van der Waals surface area contributed by atoms with Crippen LogP contribution in [0.25, 0.3) is 0 Å². The average Bonchev–Trinajstić information content (AvgIpc) is 2.41. The maximum Gasteiger partial charge on any atom is 0.262 e. The van der Waals surface area contributed by atoms with Crippen LogP contribution in [0.2, 0.25) is 10.0 Å². The Labute approximate surface area is 130 Å². The summed E-state index contributed by atoms with van der Waals surface area (Å²) in [6.07, 6.45) is 0. The first-order chi connectivity index (χ1) is 9.95. The van der Waals surface area contributed by atoms with Crippen molar-refractivity contribution < 1.29 is 13.9 Å². The van der Waals surface area contributed by atoms with E-state index in [0.29, 0.717) is 10.7 Å². The third-order valence-corrected chi connectivity index (χ3v) is 3.24. The van der Waals surface area contributed by atoms with Crippen molar-refractivity contribution in [1.29, 1.82) is 0 Å². The van der Waals surface area contributed by atoms with Crippen LogP contribution in [0.5, 0.6) is 5.75 Å². The first kappa shape index (κ1) is 15.4. The summed E-state index contributed by atoms with van der Waals surface area (Å²) in [6, 6.07) is 8.39. The lowest BCUT2D eigenvalue weighted by molar-refractivity contribution is -0.118. The van der Waals surface area contributed by atoms with E-state index >= 15 is 0 Å². The lowest BCUT2D eigenvalue weighted by atomic mass is 10.3. The Bertz CT molecular complexity index is 680. The molecule has 0 saturated carbocycles. The first-order valence-corrected chi connectivity index (χ1v) is 6.64. The molecule has 110 valence electrons. The Kier molecular flexibility index (Phi) is 4.88. The molecule has 3 N–H and O–H groups in total. The van der Waals surface area contributed by atoms with Crippen molar-refractivity contribution in [3.05, 3.63) is 52.3 Å². The van der Waals surface area contributed by atoms with Crippen molar-refractivity contribution in [2.24, 2.45) is 0 Å². The largest absolute Gasteiger partial charge is 0.482 e. The highest BCUT2D eigenvalue weighted by molar-refractivity contribution is 6.42. The van der Waals surface area contributed by atoms with Crippen LogP contribution in [0.15, 0.2) is 36.4 Å². The number of rotatable bonds is 4. The zero-order chi connectivity index (χ0) is 15.4. The number of amides is 1. The fraction of sp³-hybridized carbons (Fsp3) is 0.0714. The van der Waals surface area contributed by atoms with Gasteiger partial charge in [-0.2, -0.15) is 0 Å². The molecule has 0 aliphatic heterocycles. The average molecular weight is 329 g/mol. The monoisotopic (exact) mass is 328 g/mol. The highest BCUT2D eigenvalue weighted by Gasteiger charge is 2.09. The van der Waals surface area contributed by atoms with Gasteiger partial charge < -0.3 is 15.8 Å². The van der Waals surface area contributed by atoms with Crippen molar-refractivity contribution in [2.75, 3.05) is 17.7 Å². The Balaban J connectivity index is 1.97. The van der Waals surface area contributed by atoms with Crippen LogP contribution in [0.3, 0.4) is 0 Å². The Morgan fingerprint density at radius 2 is 1.95 bits per heavy atom. The van der Waals surface area contributed by atoms with Crippen molar-refractivity contribution in [2.45, 2.75) is 0 Å². The molecule has 0 bridgehead atoms. The minimum absolute atomic E-state index is 0.249. The fourth-order valence-corrected chi connectivity index (χ4v) is 1.90. The summed E-state index contributed by atoms with van der Waals surface area (Å²) in [7, 11) is 0. The quantitative estimate of drug-likeness (QED) is 0.840. The molecule has 0 radical (unpaired) electrons. The van der Waals surface area contributed by atoms with Crippen LogP contribution < -0.4 is 15.8 Å². The molecular weight excluding hydrogens is 318 g/mol. The predicted octanol–water partition coefficient (Wildman–Crippen LogP) is 3.73. The fourth-order valence-electron chi connectivity index (χ4n) is 1.58. The van der Waals surface area contributed by atoms with Crippen LogP contribution in [0, 0.1) is 5.82 Å². The molecule has 0 unspecified atom stereocenters. The van der Waals surface area contributed by atoms with Gasteiger partial charge in [-0.25, -0.2) is 4.39 Å². The summed E-state index contributed by atoms with van der Waals surface area (Å²) < 4.78 is 18.2. The molecule has 0 saturated heterocycles. The number of hydrogen-bond acceptors (Lipinski definition) is 3. The molecule has 1 amide bonds. The van der Waals surface area contributed by atoms with Crippen molar-refractivity contribution >= 4 is 40.5 Å². The van der Waals surface area contributed by atoms with Gasteiger partial charge in [0.25, 0.3) is 5.91 Å². The van der Waals surface area contributed by atoms with E-state index in [0.717, 1.165) is 0 Å². The summed E-state index contributed by atoms with van der Waals surface area (Å²) in [5.41, 5.74) is 6.30. The highest BCUT2D eigenvalue weighted by atomic mass is 35.5. The number of nitrogens with two attached hydrogens (primary N) is 1. The normalized spacial score (nSPS) is 10.2. The van der Waals surface area contributed by atoms with E-state index in [4.69, 9.17) is 33.7 Å². The van der Waals surface area contributed by atoms with Crippen LogP contribution in [0.4, 0.5) is 15.8 Å². The van der Waals surface area contributed by atoms with E-state index in [-0.39, 0.29) is 23.1 Å². The van der Waals surface area contributed by atoms with Gasteiger partial charge in [-0.15, -0.1) is 0 Å². The first-order valence-electron chi connectivity index (χ1n) is 5.88. The SMILES string of the molecule is Nc1cc(Cl)c(Cl)cc1OCC(=O)Nc1cccc(F)c1. The van der Waals surface area contributed by atoms with E-state index in [1.807, 2.05) is 0 Å². The van der Waals surface area contributed by atoms with Crippen LogP contribution >= 0.6 is 23.2 Å². The second-order valence-electron chi connectivity index (χ2n) is 4.15. The second kappa shape index (κ2) is 6.65. The van der Waals surface area contributed by atoms with Gasteiger partial charge in [0.05, 0.1) is 15.7 Å². The van der Waals surface area contributed by atoms with Crippen LogP contribution in [-0.2, 0) is 4.79 Å². The van der Waals surface area contributed by atoms with Crippen molar-refractivity contribution in [3.63, 3.8) is 0 Å². The molecule has 0 heterocycles. The molecule has 2 aromatic rings. The molecule has 21 heavy (non-hydrogen) atoms. The van der Waals surface area contributed by atoms with Crippen molar-refractivity contribution in [1.82, 2.24) is 0 Å². The molecule has 0 fully saturated rings. The maximum absolute atomic E-state index is 13.0. The molecular formula is C14H11Cl2FN2O2. The van der Waals surface area contributed by atoms with Gasteiger partial charge in [0.1, 0.15) is 11.6 Å². The summed E-state index contributed by atoms with van der Waals surface area (Å²) in [5, 5.41) is 3.06. The number of carbonyl (C=O) groups is 1. The third kappa shape index (κ3) is 4.24. The van der Waals surface area contributed by atoms with E-state index in [1.54, 1.807) is 6.07 Å². The minimum Gasteiger partial charge on any atom is -0.482 e. The van der Waals surface area contributed by atoms with Gasteiger partial charge in [-0.1, -0.05) is 29.3 Å². The van der Waals surface area contributed by atoms with Crippen LogP contribution in [-0.4, -0.2) is 12.5 Å². The number of hydrogen-bond donors (Lipinski definition) is 2. The van der Waals surface area contributed by atoms with Crippen LogP contribution in [0.1, 0.15) is 0 Å². The van der Waals surface area contributed by atoms with Gasteiger partial charge in [-0.05, 0) is 24.3 Å². The zero-order valence-corrected chi connectivity index (χ0v) is 12.2. The Morgan fingerprint density at radius 3 is 2.67 bits per heavy atom. The van der Waals surface area contributed by atoms with E-state index in [1.165, 1.54) is 30.3 Å². The molecule has 4 nitrogen and oxygen atoms in total. The number of halogens is 3. The number of carbonyl (C=O) groups excluding carboxylic acids is 1. The van der Waals surface area contributed by atoms with E-state index in [2.05, 4.69) is 5.32 Å². The number of anilines is 2. The zero-order valence-electron chi connectivity index (χ0n) is 10.7. The summed E-state index contributed by atoms with van der Waals surface area (Å²) in [5.74, 6) is -0.646. The lowest BCUT2D eigenvalue weighted by Crippen LogP contribution is -2.20. The van der Waals surface area contributed by atoms with Gasteiger partial charge in [0, 0.05) is 11.8 Å². The molecule has 0 aromatic heterocycles. The molecule has 2 rings (SSSR count). The smallest absolute Gasteiger partial charge is 0.262 e. The lowest BCUT2D eigenvalue weighted by Gasteiger charge is -2.10. The van der Waals surface area contributed by atoms with E-state index in [9.17, 15) is 9.18 Å².